The van der Waals surface area contributed by atoms with E-state index in [4.69, 9.17) is 0 Å². The van der Waals surface area contributed by atoms with E-state index in [2.05, 4.69) is 0 Å². The lowest BCUT2D eigenvalue weighted by Crippen LogP contribution is -2.06. The molecule has 0 saturated heterocycles. The summed E-state index contributed by atoms with van der Waals surface area (Å²) in [6, 6.07) is 7.05. The van der Waals surface area contributed by atoms with E-state index in [9.17, 15) is 9.90 Å². The first-order valence-electron chi connectivity index (χ1n) is 5.88. The van der Waals surface area contributed by atoms with Gasteiger partial charge in [0.05, 0.1) is 0 Å². The Kier molecular flexibility index (Phi) is 4.50. The normalized spacial score (nSPS) is 12.0. The van der Waals surface area contributed by atoms with Gasteiger partial charge in [-0.25, -0.2) is 0 Å². The SMILES string of the molecule is CC(C)=C(C)C(=O)C[C@H](C)c1ccc(O)cc1. The van der Waals surface area contributed by atoms with Gasteiger partial charge in [-0.15, -0.1) is 0 Å². The number of hydrogen-bond donors (Lipinski definition) is 1. The number of ketones is 1. The Bertz CT molecular complexity index is 423. The van der Waals surface area contributed by atoms with Crippen LogP contribution in [-0.4, -0.2) is 10.9 Å². The Morgan fingerprint density at radius 3 is 2.18 bits per heavy atom. The van der Waals surface area contributed by atoms with E-state index < -0.39 is 0 Å². The molecule has 1 aromatic carbocycles. The minimum atomic E-state index is 0.178. The van der Waals surface area contributed by atoms with E-state index in [1.807, 2.05) is 39.8 Å². The van der Waals surface area contributed by atoms with E-state index >= 15 is 0 Å². The van der Waals surface area contributed by atoms with Crippen LogP contribution in [0.15, 0.2) is 35.4 Å². The van der Waals surface area contributed by atoms with Gasteiger partial charge in [0.1, 0.15) is 5.75 Å². The smallest absolute Gasteiger partial charge is 0.159 e. The van der Waals surface area contributed by atoms with Crippen LogP contribution in [0.3, 0.4) is 0 Å². The number of carbonyl (C=O) groups excluding carboxylic acids is 1. The lowest BCUT2D eigenvalue weighted by Gasteiger charge is -2.12. The Labute approximate surface area is 103 Å². The first-order valence-corrected chi connectivity index (χ1v) is 5.88. The fraction of sp³-hybridized carbons (Fsp3) is 0.400. The highest BCUT2D eigenvalue weighted by Gasteiger charge is 2.13. The van der Waals surface area contributed by atoms with Crippen LogP contribution in [0.25, 0.3) is 0 Å². The number of phenols is 1. The second-order valence-corrected chi connectivity index (χ2v) is 4.74. The van der Waals surface area contributed by atoms with Crippen LogP contribution in [0.4, 0.5) is 0 Å². The molecule has 0 radical (unpaired) electrons. The van der Waals surface area contributed by atoms with E-state index in [1.54, 1.807) is 12.1 Å². The molecule has 1 N–H and O–H groups in total. The molecule has 92 valence electrons. The molecule has 0 aliphatic heterocycles. The number of carbonyl (C=O) groups is 1. The molecule has 0 saturated carbocycles. The van der Waals surface area contributed by atoms with Crippen molar-refractivity contribution in [1.82, 2.24) is 0 Å². The van der Waals surface area contributed by atoms with Gasteiger partial charge in [-0.05, 0) is 50.0 Å². The zero-order valence-corrected chi connectivity index (χ0v) is 10.9. The third-order valence-electron chi connectivity index (χ3n) is 3.12. The van der Waals surface area contributed by atoms with Gasteiger partial charge in [0.25, 0.3) is 0 Å². The summed E-state index contributed by atoms with van der Waals surface area (Å²) in [6.07, 6.45) is 0.516. The van der Waals surface area contributed by atoms with Gasteiger partial charge in [0.15, 0.2) is 5.78 Å². The molecule has 0 aliphatic carbocycles. The summed E-state index contributed by atoms with van der Waals surface area (Å²) in [7, 11) is 0. The first-order chi connectivity index (χ1) is 7.91. The average molecular weight is 232 g/mol. The summed E-state index contributed by atoms with van der Waals surface area (Å²) in [5.74, 6) is 0.635. The molecule has 0 unspecified atom stereocenters. The van der Waals surface area contributed by atoms with Crippen molar-refractivity contribution in [3.8, 4) is 5.75 Å². The number of benzene rings is 1. The Hall–Kier alpha value is -1.57. The van der Waals surface area contributed by atoms with Gasteiger partial charge in [-0.3, -0.25) is 4.79 Å². The van der Waals surface area contributed by atoms with Crippen LogP contribution in [0, 0.1) is 0 Å². The zero-order valence-electron chi connectivity index (χ0n) is 10.9. The number of allylic oxidation sites excluding steroid dienone is 2. The van der Waals surface area contributed by atoms with Crippen molar-refractivity contribution in [2.24, 2.45) is 0 Å². The topological polar surface area (TPSA) is 37.3 Å². The van der Waals surface area contributed by atoms with Gasteiger partial charge < -0.3 is 5.11 Å². The largest absolute Gasteiger partial charge is 0.508 e. The highest BCUT2D eigenvalue weighted by molar-refractivity contribution is 5.95. The fourth-order valence-corrected chi connectivity index (χ4v) is 1.63. The van der Waals surface area contributed by atoms with Gasteiger partial charge in [-0.1, -0.05) is 24.6 Å². The molecule has 0 fully saturated rings. The third-order valence-corrected chi connectivity index (χ3v) is 3.12. The molecule has 2 nitrogen and oxygen atoms in total. The van der Waals surface area contributed by atoms with Crippen LogP contribution >= 0.6 is 0 Å². The quantitative estimate of drug-likeness (QED) is 0.801. The average Bonchev–Trinajstić information content (AvgIpc) is 2.28. The van der Waals surface area contributed by atoms with Crippen molar-refractivity contribution in [2.45, 2.75) is 40.0 Å². The predicted molar refractivity (Wildman–Crippen MR) is 70.2 cm³/mol. The summed E-state index contributed by atoms with van der Waals surface area (Å²) in [5, 5.41) is 9.21. The number of Topliss-reactive ketones (excluding diaryl/α,β-unsaturated/α-hetero) is 1. The standard InChI is InChI=1S/C15H20O2/c1-10(2)12(4)15(17)9-11(3)13-5-7-14(16)8-6-13/h5-8,11,16H,9H2,1-4H3/t11-/m0/s1. The van der Waals surface area contributed by atoms with E-state index in [-0.39, 0.29) is 17.5 Å². The van der Waals surface area contributed by atoms with E-state index in [0.29, 0.717) is 6.42 Å². The fourth-order valence-electron chi connectivity index (χ4n) is 1.63. The Morgan fingerprint density at radius 2 is 1.71 bits per heavy atom. The Balaban J connectivity index is 2.73. The molecule has 0 heterocycles. The van der Waals surface area contributed by atoms with Gasteiger partial charge >= 0.3 is 0 Å². The monoisotopic (exact) mass is 232 g/mol. The first kappa shape index (κ1) is 13.5. The minimum Gasteiger partial charge on any atom is -0.508 e. The van der Waals surface area contributed by atoms with Gasteiger partial charge in [0, 0.05) is 6.42 Å². The van der Waals surface area contributed by atoms with Crippen molar-refractivity contribution in [1.29, 1.82) is 0 Å². The number of phenolic OH excluding ortho intramolecular Hbond substituents is 1. The van der Waals surface area contributed by atoms with Crippen LogP contribution < -0.4 is 0 Å². The van der Waals surface area contributed by atoms with Crippen LogP contribution in [0.1, 0.15) is 45.6 Å². The molecule has 1 aromatic rings. The molecule has 0 aliphatic rings. The van der Waals surface area contributed by atoms with Crippen molar-refractivity contribution < 1.29 is 9.90 Å². The molecular weight excluding hydrogens is 212 g/mol. The minimum absolute atomic E-state index is 0.178. The molecule has 1 rings (SSSR count). The summed E-state index contributed by atoms with van der Waals surface area (Å²) >= 11 is 0. The molecule has 0 spiro atoms. The van der Waals surface area contributed by atoms with Crippen LogP contribution in [-0.2, 0) is 4.79 Å². The number of aromatic hydroxyl groups is 1. The van der Waals surface area contributed by atoms with E-state index in [0.717, 1.165) is 16.7 Å². The second-order valence-electron chi connectivity index (χ2n) is 4.74. The summed E-state index contributed by atoms with van der Waals surface area (Å²) in [5.41, 5.74) is 3.02. The van der Waals surface area contributed by atoms with Gasteiger partial charge in [-0.2, -0.15) is 0 Å². The molecule has 0 aromatic heterocycles. The van der Waals surface area contributed by atoms with Crippen LogP contribution in [0.2, 0.25) is 0 Å². The maximum absolute atomic E-state index is 11.9. The predicted octanol–water partition coefficient (Wildman–Crippen LogP) is 3.81. The number of rotatable bonds is 4. The van der Waals surface area contributed by atoms with Crippen LogP contribution in [0.5, 0.6) is 5.75 Å². The molecule has 0 amide bonds. The Morgan fingerprint density at radius 1 is 1.18 bits per heavy atom. The molecule has 0 bridgehead atoms. The van der Waals surface area contributed by atoms with Crippen molar-refractivity contribution in [3.63, 3.8) is 0 Å². The maximum Gasteiger partial charge on any atom is 0.159 e. The van der Waals surface area contributed by atoms with Crippen molar-refractivity contribution >= 4 is 5.78 Å². The molecule has 2 heteroatoms. The van der Waals surface area contributed by atoms with Crippen molar-refractivity contribution in [3.05, 3.63) is 41.0 Å². The van der Waals surface area contributed by atoms with E-state index in [1.165, 1.54) is 0 Å². The van der Waals surface area contributed by atoms with Gasteiger partial charge in [0.2, 0.25) is 0 Å². The summed E-state index contributed by atoms with van der Waals surface area (Å²) in [4.78, 5) is 11.9. The molecule has 17 heavy (non-hydrogen) atoms. The second kappa shape index (κ2) is 5.67. The zero-order chi connectivity index (χ0) is 13.0. The van der Waals surface area contributed by atoms with Crippen molar-refractivity contribution in [2.75, 3.05) is 0 Å². The summed E-state index contributed by atoms with van der Waals surface area (Å²) < 4.78 is 0. The maximum atomic E-state index is 11.9. The highest BCUT2D eigenvalue weighted by atomic mass is 16.3. The third kappa shape index (κ3) is 3.74. The lowest BCUT2D eigenvalue weighted by atomic mass is 9.92. The summed E-state index contributed by atoms with van der Waals surface area (Å²) in [6.45, 7) is 7.82. The highest BCUT2D eigenvalue weighted by Crippen LogP contribution is 2.23. The molecular formula is C15H20O2. The number of hydrogen-bond acceptors (Lipinski definition) is 2. The lowest BCUT2D eigenvalue weighted by molar-refractivity contribution is -0.115. The molecule has 1 atom stereocenters.